The van der Waals surface area contributed by atoms with E-state index in [1.165, 1.54) is 38.5 Å². The second kappa shape index (κ2) is 11.6. The maximum Gasteiger partial charge on any atom is 0.337 e. The van der Waals surface area contributed by atoms with Crippen LogP contribution >= 0.6 is 12.6 Å². The van der Waals surface area contributed by atoms with Crippen LogP contribution in [0.1, 0.15) is 51.9 Å². The number of thiol groups is 1. The largest absolute Gasteiger partial charge is 0.398 e. The normalized spacial score (nSPS) is 12.0. The van der Waals surface area contributed by atoms with E-state index < -0.39 is 8.56 Å². The van der Waals surface area contributed by atoms with Crippen molar-refractivity contribution < 1.29 is 8.85 Å². The van der Waals surface area contributed by atoms with Gasteiger partial charge in [-0.25, -0.2) is 0 Å². The predicted octanol–water partition coefficient (Wildman–Crippen LogP) is 4.40. The summed E-state index contributed by atoms with van der Waals surface area (Å²) >= 11 is 4.27. The molecule has 0 aromatic rings. The Morgan fingerprint density at radius 2 is 1.35 bits per heavy atom. The molecule has 0 bridgehead atoms. The number of hydrogen-bond donors (Lipinski definition) is 1. The molecule has 0 aliphatic heterocycles. The molecule has 0 aliphatic rings. The molecule has 0 aromatic heterocycles. The molecular weight excluding hydrogens is 248 g/mol. The molecule has 0 heterocycles. The summed E-state index contributed by atoms with van der Waals surface area (Å²) < 4.78 is 11.4. The third-order valence-corrected chi connectivity index (χ3v) is 7.41. The predicted molar refractivity (Wildman–Crippen MR) is 81.2 cm³/mol. The van der Waals surface area contributed by atoms with Gasteiger partial charge in [-0.2, -0.15) is 12.6 Å². The monoisotopic (exact) mass is 278 g/mol. The fraction of sp³-hybridized carbons (Fsp3) is 1.00. The molecule has 0 N–H and O–H groups in total. The molecule has 0 aliphatic carbocycles. The first-order valence-corrected chi connectivity index (χ1v) is 9.82. The van der Waals surface area contributed by atoms with Crippen LogP contribution in [0.25, 0.3) is 0 Å². The third kappa shape index (κ3) is 8.24. The second-order valence-corrected chi connectivity index (χ2v) is 8.75. The van der Waals surface area contributed by atoms with Gasteiger partial charge in [-0.05, 0) is 24.3 Å². The Morgan fingerprint density at radius 3 is 1.88 bits per heavy atom. The van der Waals surface area contributed by atoms with Crippen LogP contribution in [0.15, 0.2) is 0 Å². The van der Waals surface area contributed by atoms with E-state index in [1.807, 2.05) is 14.2 Å². The van der Waals surface area contributed by atoms with Crippen molar-refractivity contribution >= 4 is 21.2 Å². The zero-order valence-corrected chi connectivity index (χ0v) is 13.7. The van der Waals surface area contributed by atoms with Crippen molar-refractivity contribution in [1.29, 1.82) is 0 Å². The molecule has 0 fully saturated rings. The number of rotatable bonds is 12. The average molecular weight is 279 g/mol. The summed E-state index contributed by atoms with van der Waals surface area (Å²) in [5.74, 6) is 0.929. The molecule has 0 radical (unpaired) electrons. The summed E-state index contributed by atoms with van der Waals surface area (Å²) in [6.45, 7) is 2.26. The highest BCUT2D eigenvalue weighted by Gasteiger charge is 2.33. The summed E-state index contributed by atoms with van der Waals surface area (Å²) in [5, 5.41) is 0. The minimum atomic E-state index is -1.88. The molecule has 4 heteroatoms. The van der Waals surface area contributed by atoms with Crippen LogP contribution in [0.4, 0.5) is 0 Å². The highest BCUT2D eigenvalue weighted by atomic mass is 32.1. The molecular formula is C13H30O2SSi. The van der Waals surface area contributed by atoms with Crippen molar-refractivity contribution in [2.75, 3.05) is 20.0 Å². The Balaban J connectivity index is 3.75. The Kier molecular flexibility index (Phi) is 11.9. The topological polar surface area (TPSA) is 18.5 Å². The molecule has 0 rings (SSSR count). The van der Waals surface area contributed by atoms with Gasteiger partial charge in [0.05, 0.1) is 0 Å². The first-order chi connectivity index (χ1) is 8.24. The highest BCUT2D eigenvalue weighted by molar-refractivity contribution is 7.80. The van der Waals surface area contributed by atoms with Gasteiger partial charge in [-0.3, -0.25) is 0 Å². The minimum Gasteiger partial charge on any atom is -0.398 e. The van der Waals surface area contributed by atoms with Crippen LogP contribution in [-0.2, 0) is 8.85 Å². The lowest BCUT2D eigenvalue weighted by Gasteiger charge is -2.27. The van der Waals surface area contributed by atoms with Crippen LogP contribution in [0.2, 0.25) is 12.1 Å². The molecule has 0 atom stereocenters. The van der Waals surface area contributed by atoms with Crippen LogP contribution in [-0.4, -0.2) is 28.5 Å². The smallest absolute Gasteiger partial charge is 0.337 e. The van der Waals surface area contributed by atoms with E-state index in [1.54, 1.807) is 0 Å². The molecule has 0 saturated carbocycles. The summed E-state index contributed by atoms with van der Waals surface area (Å²) in [6.07, 6.45) is 9.10. The maximum atomic E-state index is 5.70. The number of unbranched alkanes of at least 4 members (excludes halogenated alkanes) is 5. The lowest BCUT2D eigenvalue weighted by atomic mass is 10.1. The van der Waals surface area contributed by atoms with Crippen LogP contribution in [0, 0.1) is 0 Å². The lowest BCUT2D eigenvalue weighted by Crippen LogP contribution is -2.39. The van der Waals surface area contributed by atoms with Gasteiger partial charge < -0.3 is 8.85 Å². The Bertz CT molecular complexity index is 163. The van der Waals surface area contributed by atoms with Crippen molar-refractivity contribution in [2.45, 2.75) is 64.0 Å². The van der Waals surface area contributed by atoms with E-state index in [0.29, 0.717) is 0 Å². The molecule has 0 unspecified atom stereocenters. The van der Waals surface area contributed by atoms with Gasteiger partial charge in [-0.15, -0.1) is 0 Å². The van der Waals surface area contributed by atoms with E-state index in [4.69, 9.17) is 8.85 Å². The van der Waals surface area contributed by atoms with E-state index in [-0.39, 0.29) is 0 Å². The molecule has 0 saturated heterocycles. The van der Waals surface area contributed by atoms with E-state index in [0.717, 1.165) is 24.3 Å². The van der Waals surface area contributed by atoms with Crippen LogP contribution in [0.5, 0.6) is 0 Å². The van der Waals surface area contributed by atoms with Crippen molar-refractivity contribution in [2.24, 2.45) is 0 Å². The van der Waals surface area contributed by atoms with Gasteiger partial charge >= 0.3 is 8.56 Å². The SMILES string of the molecule is CCCCCCCC[Si](CCCS)(OC)OC. The van der Waals surface area contributed by atoms with E-state index >= 15 is 0 Å². The van der Waals surface area contributed by atoms with Gasteiger partial charge in [0.1, 0.15) is 0 Å². The molecule has 0 spiro atoms. The molecule has 17 heavy (non-hydrogen) atoms. The lowest BCUT2D eigenvalue weighted by molar-refractivity contribution is 0.239. The van der Waals surface area contributed by atoms with E-state index in [2.05, 4.69) is 19.6 Å². The second-order valence-electron chi connectivity index (χ2n) is 4.66. The Hall–Kier alpha value is 0.487. The summed E-state index contributed by atoms with van der Waals surface area (Å²) in [7, 11) is 1.74. The van der Waals surface area contributed by atoms with Gasteiger partial charge in [0.15, 0.2) is 0 Å². The van der Waals surface area contributed by atoms with Crippen molar-refractivity contribution in [1.82, 2.24) is 0 Å². The summed E-state index contributed by atoms with van der Waals surface area (Å²) in [5.41, 5.74) is 0. The molecule has 0 amide bonds. The van der Waals surface area contributed by atoms with Crippen molar-refractivity contribution in [3.05, 3.63) is 0 Å². The number of hydrogen-bond acceptors (Lipinski definition) is 3. The maximum absolute atomic E-state index is 5.70. The van der Waals surface area contributed by atoms with Crippen LogP contribution < -0.4 is 0 Å². The third-order valence-electron chi connectivity index (χ3n) is 3.37. The van der Waals surface area contributed by atoms with E-state index in [9.17, 15) is 0 Å². The quantitative estimate of drug-likeness (QED) is 0.324. The van der Waals surface area contributed by atoms with Crippen molar-refractivity contribution in [3.8, 4) is 0 Å². The summed E-state index contributed by atoms with van der Waals surface area (Å²) in [6, 6.07) is 2.22. The van der Waals surface area contributed by atoms with Gasteiger partial charge in [0.2, 0.25) is 0 Å². The molecule has 104 valence electrons. The Labute approximate surface area is 114 Å². The highest BCUT2D eigenvalue weighted by Crippen LogP contribution is 2.23. The molecule has 0 aromatic carbocycles. The van der Waals surface area contributed by atoms with Gasteiger partial charge in [0.25, 0.3) is 0 Å². The van der Waals surface area contributed by atoms with Gasteiger partial charge in [-0.1, -0.05) is 45.4 Å². The first kappa shape index (κ1) is 17.5. The first-order valence-electron chi connectivity index (χ1n) is 6.96. The Morgan fingerprint density at radius 1 is 0.824 bits per heavy atom. The molecule has 2 nitrogen and oxygen atoms in total. The summed E-state index contributed by atoms with van der Waals surface area (Å²) in [4.78, 5) is 0. The zero-order chi connectivity index (χ0) is 13.0. The van der Waals surface area contributed by atoms with Crippen molar-refractivity contribution in [3.63, 3.8) is 0 Å². The average Bonchev–Trinajstić information content (AvgIpc) is 2.38. The van der Waals surface area contributed by atoms with Gasteiger partial charge in [0, 0.05) is 14.2 Å². The minimum absolute atomic E-state index is 0.929. The fourth-order valence-electron chi connectivity index (χ4n) is 2.14. The van der Waals surface area contributed by atoms with Crippen LogP contribution in [0.3, 0.4) is 0 Å². The standard InChI is InChI=1S/C13H30O2SSi/c1-4-5-6-7-8-9-12-17(14-2,15-3)13-10-11-16/h16H,4-13H2,1-3H3. The zero-order valence-electron chi connectivity index (χ0n) is 11.8. The fourth-order valence-corrected chi connectivity index (χ4v) is 5.33.